The zero-order valence-corrected chi connectivity index (χ0v) is 14.2. The van der Waals surface area contributed by atoms with Crippen LogP contribution in [0.1, 0.15) is 10.4 Å². The van der Waals surface area contributed by atoms with Crippen LogP contribution in [0.15, 0.2) is 47.1 Å². The molecule has 0 saturated carbocycles. The highest BCUT2D eigenvalue weighted by atomic mass is 79.9. The van der Waals surface area contributed by atoms with E-state index in [4.69, 9.17) is 0 Å². The van der Waals surface area contributed by atoms with Crippen molar-refractivity contribution < 1.29 is 4.79 Å². The van der Waals surface area contributed by atoms with E-state index in [2.05, 4.69) is 36.4 Å². The molecule has 1 amide bonds. The number of anilines is 2. The highest BCUT2D eigenvalue weighted by Crippen LogP contribution is 2.15. The molecular formula is C16H19BrN4O. The summed E-state index contributed by atoms with van der Waals surface area (Å²) in [5.41, 5.74) is 1.28. The van der Waals surface area contributed by atoms with Gasteiger partial charge in [0.05, 0.1) is 5.56 Å². The van der Waals surface area contributed by atoms with Crippen LogP contribution in [-0.4, -0.2) is 43.0 Å². The van der Waals surface area contributed by atoms with Crippen molar-refractivity contribution in [1.29, 1.82) is 0 Å². The molecule has 116 valence electrons. The smallest absolute Gasteiger partial charge is 0.257 e. The van der Waals surface area contributed by atoms with Crippen LogP contribution in [0, 0.1) is 0 Å². The minimum atomic E-state index is -0.172. The second-order valence-corrected chi connectivity index (χ2v) is 6.04. The summed E-state index contributed by atoms with van der Waals surface area (Å²) in [6, 6.07) is 11.0. The van der Waals surface area contributed by atoms with E-state index in [-0.39, 0.29) is 5.91 Å². The summed E-state index contributed by atoms with van der Waals surface area (Å²) >= 11 is 3.36. The van der Waals surface area contributed by atoms with Crippen molar-refractivity contribution in [3.8, 4) is 0 Å². The van der Waals surface area contributed by atoms with Gasteiger partial charge in [-0.05, 0) is 50.5 Å². The van der Waals surface area contributed by atoms with Crippen molar-refractivity contribution in [3.05, 3.63) is 52.6 Å². The topological polar surface area (TPSA) is 57.3 Å². The first-order valence-electron chi connectivity index (χ1n) is 6.96. The number of carbonyl (C=O) groups is 1. The van der Waals surface area contributed by atoms with Gasteiger partial charge in [0, 0.05) is 29.4 Å². The fraction of sp³-hybridized carbons (Fsp3) is 0.250. The molecule has 0 atom stereocenters. The van der Waals surface area contributed by atoms with Crippen molar-refractivity contribution in [2.45, 2.75) is 0 Å². The zero-order chi connectivity index (χ0) is 15.9. The molecule has 2 rings (SSSR count). The SMILES string of the molecule is CN(C)CCNc1ccc(C(=O)Nc2ccc(Br)cc2)cn1. The van der Waals surface area contributed by atoms with Crippen molar-refractivity contribution in [2.75, 3.05) is 37.8 Å². The highest BCUT2D eigenvalue weighted by Gasteiger charge is 2.06. The molecule has 0 aliphatic carbocycles. The molecular weight excluding hydrogens is 344 g/mol. The second kappa shape index (κ2) is 7.91. The van der Waals surface area contributed by atoms with Gasteiger partial charge in [-0.1, -0.05) is 15.9 Å². The number of hydrogen-bond donors (Lipinski definition) is 2. The number of nitrogens with one attached hydrogen (secondary N) is 2. The average Bonchev–Trinajstić information content (AvgIpc) is 2.50. The maximum Gasteiger partial charge on any atom is 0.257 e. The largest absolute Gasteiger partial charge is 0.369 e. The van der Waals surface area contributed by atoms with Crippen LogP contribution in [0.4, 0.5) is 11.5 Å². The van der Waals surface area contributed by atoms with E-state index in [9.17, 15) is 4.79 Å². The first-order valence-corrected chi connectivity index (χ1v) is 7.75. The number of benzene rings is 1. The van der Waals surface area contributed by atoms with Gasteiger partial charge in [-0.2, -0.15) is 0 Å². The van der Waals surface area contributed by atoms with E-state index in [1.807, 2.05) is 44.4 Å². The van der Waals surface area contributed by atoms with Crippen molar-refractivity contribution in [2.24, 2.45) is 0 Å². The van der Waals surface area contributed by atoms with E-state index in [0.29, 0.717) is 5.56 Å². The third-order valence-corrected chi connectivity index (χ3v) is 3.52. The lowest BCUT2D eigenvalue weighted by Crippen LogP contribution is -2.21. The molecule has 0 aliphatic heterocycles. The molecule has 0 unspecified atom stereocenters. The molecule has 0 bridgehead atoms. The lowest BCUT2D eigenvalue weighted by molar-refractivity contribution is 0.102. The molecule has 1 heterocycles. The molecule has 2 N–H and O–H groups in total. The van der Waals surface area contributed by atoms with Gasteiger partial charge in [0.1, 0.15) is 5.82 Å². The Labute approximate surface area is 138 Å². The Morgan fingerprint density at radius 2 is 1.91 bits per heavy atom. The van der Waals surface area contributed by atoms with Gasteiger partial charge in [0.25, 0.3) is 5.91 Å². The second-order valence-electron chi connectivity index (χ2n) is 5.12. The number of carbonyl (C=O) groups excluding carboxylic acids is 1. The molecule has 0 aliphatic rings. The Hall–Kier alpha value is -1.92. The predicted molar refractivity (Wildman–Crippen MR) is 93.4 cm³/mol. The van der Waals surface area contributed by atoms with Crippen LogP contribution in [0.2, 0.25) is 0 Å². The van der Waals surface area contributed by atoms with Gasteiger partial charge in [-0.3, -0.25) is 4.79 Å². The summed E-state index contributed by atoms with van der Waals surface area (Å²) in [4.78, 5) is 18.5. The molecule has 0 spiro atoms. The highest BCUT2D eigenvalue weighted by molar-refractivity contribution is 9.10. The normalized spacial score (nSPS) is 10.5. The van der Waals surface area contributed by atoms with Crippen LogP contribution in [0.5, 0.6) is 0 Å². The quantitative estimate of drug-likeness (QED) is 0.828. The average molecular weight is 363 g/mol. The van der Waals surface area contributed by atoms with Gasteiger partial charge >= 0.3 is 0 Å². The predicted octanol–water partition coefficient (Wildman–Crippen LogP) is 3.07. The van der Waals surface area contributed by atoms with Crippen molar-refractivity contribution in [1.82, 2.24) is 9.88 Å². The van der Waals surface area contributed by atoms with E-state index < -0.39 is 0 Å². The van der Waals surface area contributed by atoms with Gasteiger partial charge in [0.2, 0.25) is 0 Å². The van der Waals surface area contributed by atoms with Gasteiger partial charge in [-0.15, -0.1) is 0 Å². The zero-order valence-electron chi connectivity index (χ0n) is 12.6. The van der Waals surface area contributed by atoms with Gasteiger partial charge in [0.15, 0.2) is 0 Å². The molecule has 22 heavy (non-hydrogen) atoms. The lowest BCUT2D eigenvalue weighted by Gasteiger charge is -2.11. The molecule has 0 fully saturated rings. The standard InChI is InChI=1S/C16H19BrN4O/c1-21(2)10-9-18-15-8-3-12(11-19-15)16(22)20-14-6-4-13(17)5-7-14/h3-8,11H,9-10H2,1-2H3,(H,18,19)(H,20,22). The Kier molecular flexibility index (Phi) is 5.91. The van der Waals surface area contributed by atoms with Crippen LogP contribution < -0.4 is 10.6 Å². The number of pyridine rings is 1. The summed E-state index contributed by atoms with van der Waals surface area (Å²) in [6.45, 7) is 1.73. The minimum Gasteiger partial charge on any atom is -0.369 e. The Balaban J connectivity index is 1.91. The Morgan fingerprint density at radius 1 is 1.18 bits per heavy atom. The first-order chi connectivity index (χ1) is 10.5. The van der Waals surface area contributed by atoms with Crippen LogP contribution >= 0.6 is 15.9 Å². The number of amides is 1. The Bertz CT molecular complexity index is 611. The van der Waals surface area contributed by atoms with E-state index >= 15 is 0 Å². The van der Waals surface area contributed by atoms with E-state index in [0.717, 1.165) is 29.1 Å². The summed E-state index contributed by atoms with van der Waals surface area (Å²) in [5, 5.41) is 6.04. The fourth-order valence-electron chi connectivity index (χ4n) is 1.78. The third kappa shape index (κ3) is 5.13. The number of halogens is 1. The molecule has 0 saturated heterocycles. The Morgan fingerprint density at radius 3 is 2.50 bits per heavy atom. The summed E-state index contributed by atoms with van der Waals surface area (Å²) in [5.74, 6) is 0.594. The monoisotopic (exact) mass is 362 g/mol. The van der Waals surface area contributed by atoms with Crippen molar-refractivity contribution >= 4 is 33.3 Å². The molecule has 6 heteroatoms. The van der Waals surface area contributed by atoms with Crippen LogP contribution in [0.25, 0.3) is 0 Å². The first kappa shape index (κ1) is 16.5. The molecule has 2 aromatic rings. The van der Waals surface area contributed by atoms with Crippen LogP contribution in [-0.2, 0) is 0 Å². The number of rotatable bonds is 6. The molecule has 1 aromatic heterocycles. The van der Waals surface area contributed by atoms with E-state index in [1.54, 1.807) is 12.3 Å². The minimum absolute atomic E-state index is 0.172. The molecule has 1 aromatic carbocycles. The maximum atomic E-state index is 12.1. The lowest BCUT2D eigenvalue weighted by atomic mass is 10.2. The van der Waals surface area contributed by atoms with Gasteiger partial charge in [-0.25, -0.2) is 4.98 Å². The third-order valence-electron chi connectivity index (χ3n) is 2.99. The number of aromatic nitrogens is 1. The van der Waals surface area contributed by atoms with Crippen LogP contribution in [0.3, 0.4) is 0 Å². The fourth-order valence-corrected chi connectivity index (χ4v) is 2.04. The maximum absolute atomic E-state index is 12.1. The number of hydrogen-bond acceptors (Lipinski definition) is 4. The van der Waals surface area contributed by atoms with E-state index in [1.165, 1.54) is 0 Å². The van der Waals surface area contributed by atoms with Crippen molar-refractivity contribution in [3.63, 3.8) is 0 Å². The number of likely N-dealkylation sites (N-methyl/N-ethyl adjacent to an activating group) is 1. The number of nitrogens with zero attached hydrogens (tertiary/aromatic N) is 2. The van der Waals surface area contributed by atoms with Gasteiger partial charge < -0.3 is 15.5 Å². The summed E-state index contributed by atoms with van der Waals surface area (Å²) in [7, 11) is 4.04. The summed E-state index contributed by atoms with van der Waals surface area (Å²) < 4.78 is 0.973. The summed E-state index contributed by atoms with van der Waals surface area (Å²) in [6.07, 6.45) is 1.58. The molecule has 5 nitrogen and oxygen atoms in total. The molecule has 0 radical (unpaired) electrons.